The van der Waals surface area contributed by atoms with E-state index in [2.05, 4.69) is 15.1 Å². The Morgan fingerprint density at radius 1 is 1.46 bits per heavy atom. The van der Waals surface area contributed by atoms with Crippen LogP contribution in [0.1, 0.15) is 18.5 Å². The maximum Gasteiger partial charge on any atom is 0.323 e. The minimum Gasteiger partial charge on any atom is -0.468 e. The highest BCUT2D eigenvalue weighted by Gasteiger charge is 2.34. The van der Waals surface area contributed by atoms with Crippen molar-refractivity contribution in [3.8, 4) is 0 Å². The number of aromatic nitrogens is 4. The van der Waals surface area contributed by atoms with Crippen molar-refractivity contribution in [3.63, 3.8) is 0 Å². The molecule has 3 N–H and O–H groups in total. The molecular formula is C14H20N6O4. The van der Waals surface area contributed by atoms with E-state index in [9.17, 15) is 9.59 Å². The molecule has 0 aromatic carbocycles. The summed E-state index contributed by atoms with van der Waals surface area (Å²) in [7, 11) is 2.99. The second kappa shape index (κ2) is 6.57. The third kappa shape index (κ3) is 3.10. The predicted molar refractivity (Wildman–Crippen MR) is 84.3 cm³/mol. The van der Waals surface area contributed by atoms with Gasteiger partial charge in [0, 0.05) is 26.3 Å². The van der Waals surface area contributed by atoms with E-state index in [1.165, 1.54) is 17.7 Å². The number of nitrogens with two attached hydrogens (primary N) is 1. The van der Waals surface area contributed by atoms with E-state index < -0.39 is 6.04 Å². The number of nitrogens with one attached hydrogen (secondary N) is 1. The summed E-state index contributed by atoms with van der Waals surface area (Å²) in [5.74, 6) is 0.0000515. The van der Waals surface area contributed by atoms with Gasteiger partial charge in [-0.15, -0.1) is 0 Å². The molecule has 0 amide bonds. The van der Waals surface area contributed by atoms with Crippen LogP contribution in [0.2, 0.25) is 0 Å². The molecule has 2 aromatic heterocycles. The van der Waals surface area contributed by atoms with Crippen molar-refractivity contribution in [2.45, 2.75) is 31.5 Å². The average Bonchev–Trinajstić information content (AvgIpc) is 2.95. The van der Waals surface area contributed by atoms with E-state index in [1.807, 2.05) is 4.90 Å². The van der Waals surface area contributed by atoms with Crippen LogP contribution in [0.3, 0.4) is 0 Å². The highest BCUT2D eigenvalue weighted by molar-refractivity contribution is 5.75. The van der Waals surface area contributed by atoms with E-state index in [-0.39, 0.29) is 29.4 Å². The van der Waals surface area contributed by atoms with Crippen molar-refractivity contribution in [3.05, 3.63) is 22.1 Å². The summed E-state index contributed by atoms with van der Waals surface area (Å²) < 4.78 is 11.4. The molecule has 0 saturated carbocycles. The number of esters is 1. The number of nitrogens with zero attached hydrogens (tertiary/aromatic N) is 4. The lowest BCUT2D eigenvalue weighted by atomic mass is 9.99. The molecule has 3 heterocycles. The van der Waals surface area contributed by atoms with Gasteiger partial charge in [0.1, 0.15) is 6.04 Å². The first-order chi connectivity index (χ1) is 11.5. The van der Waals surface area contributed by atoms with E-state index in [4.69, 9.17) is 15.2 Å². The first-order valence-electron chi connectivity index (χ1n) is 7.60. The number of aromatic amines is 1. The van der Waals surface area contributed by atoms with Gasteiger partial charge < -0.3 is 15.2 Å². The number of nitrogen functional groups attached to an aromatic ring is 1. The fourth-order valence-electron chi connectivity index (χ4n) is 3.00. The predicted octanol–water partition coefficient (Wildman–Crippen LogP) is -0.848. The van der Waals surface area contributed by atoms with Crippen LogP contribution in [-0.2, 0) is 20.8 Å². The van der Waals surface area contributed by atoms with Crippen LogP contribution in [0, 0.1) is 0 Å². The number of hydrogen-bond acceptors (Lipinski definition) is 8. The number of rotatable bonds is 4. The molecular weight excluding hydrogens is 316 g/mol. The Labute approximate surface area is 137 Å². The van der Waals surface area contributed by atoms with Crippen molar-refractivity contribution < 1.29 is 14.3 Å². The molecule has 3 rings (SSSR count). The number of ether oxygens (including phenoxy) is 2. The maximum atomic E-state index is 12.1. The van der Waals surface area contributed by atoms with Gasteiger partial charge in [0.25, 0.3) is 11.3 Å². The largest absolute Gasteiger partial charge is 0.468 e. The molecule has 1 aliphatic heterocycles. The fourth-order valence-corrected chi connectivity index (χ4v) is 3.00. The molecule has 2 unspecified atom stereocenters. The van der Waals surface area contributed by atoms with Crippen molar-refractivity contribution in [1.82, 2.24) is 24.5 Å². The first-order valence-corrected chi connectivity index (χ1v) is 7.60. The topological polar surface area (TPSA) is 128 Å². The third-order valence-electron chi connectivity index (χ3n) is 4.24. The molecule has 0 spiro atoms. The average molecular weight is 336 g/mol. The van der Waals surface area contributed by atoms with Crippen molar-refractivity contribution in [2.24, 2.45) is 0 Å². The quantitative estimate of drug-likeness (QED) is 0.691. The third-order valence-corrected chi connectivity index (χ3v) is 4.24. The van der Waals surface area contributed by atoms with Crippen molar-refractivity contribution in [2.75, 3.05) is 26.5 Å². The molecule has 1 saturated heterocycles. The van der Waals surface area contributed by atoms with Crippen molar-refractivity contribution >= 4 is 17.7 Å². The lowest BCUT2D eigenvalue weighted by Gasteiger charge is -2.36. The van der Waals surface area contributed by atoms with E-state index in [0.29, 0.717) is 25.2 Å². The second-order valence-electron chi connectivity index (χ2n) is 5.72. The summed E-state index contributed by atoms with van der Waals surface area (Å²) in [6.07, 6.45) is 1.35. The molecule has 0 aliphatic carbocycles. The molecule has 0 radical (unpaired) electrons. The highest BCUT2D eigenvalue weighted by atomic mass is 16.5. The number of fused-ring (bicyclic) bond motifs is 1. The zero-order chi connectivity index (χ0) is 17.3. The highest BCUT2D eigenvalue weighted by Crippen LogP contribution is 2.22. The molecule has 130 valence electrons. The maximum absolute atomic E-state index is 12.1. The second-order valence-corrected chi connectivity index (χ2v) is 5.72. The monoisotopic (exact) mass is 336 g/mol. The van der Waals surface area contributed by atoms with Crippen LogP contribution >= 0.6 is 0 Å². The number of piperidine rings is 1. The minimum atomic E-state index is -0.432. The number of anilines is 1. The van der Waals surface area contributed by atoms with E-state index in [1.54, 1.807) is 7.11 Å². The van der Waals surface area contributed by atoms with Gasteiger partial charge >= 0.3 is 5.97 Å². The summed E-state index contributed by atoms with van der Waals surface area (Å²) >= 11 is 0. The molecule has 2 atom stereocenters. The number of H-pyrrole nitrogens is 1. The fraction of sp³-hybridized carbons (Fsp3) is 0.571. The van der Waals surface area contributed by atoms with Crippen LogP contribution in [-0.4, -0.2) is 63.4 Å². The number of methoxy groups -OCH3 is 2. The Kier molecular flexibility index (Phi) is 4.49. The number of carbonyl (C=O) groups is 1. The van der Waals surface area contributed by atoms with Crippen LogP contribution in [0.15, 0.2) is 10.9 Å². The smallest absolute Gasteiger partial charge is 0.323 e. The van der Waals surface area contributed by atoms with Gasteiger partial charge in [0.2, 0.25) is 5.95 Å². The van der Waals surface area contributed by atoms with Crippen LogP contribution in [0.25, 0.3) is 5.78 Å². The van der Waals surface area contributed by atoms with Gasteiger partial charge in [-0.1, -0.05) is 0 Å². The molecule has 2 aromatic rings. The number of hydrogen-bond donors (Lipinski definition) is 2. The van der Waals surface area contributed by atoms with Gasteiger partial charge in [-0.3, -0.25) is 19.6 Å². The minimum absolute atomic E-state index is 0.0116. The Bertz CT molecular complexity index is 800. The van der Waals surface area contributed by atoms with Gasteiger partial charge in [-0.2, -0.15) is 9.50 Å². The van der Waals surface area contributed by atoms with Crippen LogP contribution < -0.4 is 11.3 Å². The van der Waals surface area contributed by atoms with Gasteiger partial charge in [-0.25, -0.2) is 4.98 Å². The van der Waals surface area contributed by atoms with Gasteiger partial charge in [0.15, 0.2) is 0 Å². The Morgan fingerprint density at radius 3 is 2.96 bits per heavy atom. The lowest BCUT2D eigenvalue weighted by molar-refractivity contribution is -0.151. The van der Waals surface area contributed by atoms with Gasteiger partial charge in [0.05, 0.1) is 18.9 Å². The molecule has 1 aliphatic rings. The molecule has 10 nitrogen and oxygen atoms in total. The molecule has 0 bridgehead atoms. The summed E-state index contributed by atoms with van der Waals surface area (Å²) in [4.78, 5) is 34.4. The molecule has 24 heavy (non-hydrogen) atoms. The van der Waals surface area contributed by atoms with E-state index >= 15 is 0 Å². The Hall–Kier alpha value is -2.46. The molecule has 1 fully saturated rings. The van der Waals surface area contributed by atoms with Gasteiger partial charge in [-0.05, 0) is 12.8 Å². The zero-order valence-corrected chi connectivity index (χ0v) is 13.6. The zero-order valence-electron chi connectivity index (χ0n) is 13.6. The van der Waals surface area contributed by atoms with Crippen LogP contribution in [0.4, 0.5) is 5.95 Å². The Balaban J connectivity index is 1.85. The summed E-state index contributed by atoms with van der Waals surface area (Å²) in [5.41, 5.74) is 5.77. The normalized spacial score (nSPS) is 21.9. The lowest BCUT2D eigenvalue weighted by Crippen LogP contribution is -2.49. The standard InChI is InChI=1S/C14H20N6O4/c1-23-9-3-4-19(10(6-9)12(22)24-2)7-8-5-11(21)20-14(16-8)17-13(15)18-20/h5,9-10H,3-4,6-7H2,1-2H3,(H3,15,16,17,18). The first kappa shape index (κ1) is 16.4. The van der Waals surface area contributed by atoms with Crippen LogP contribution in [0.5, 0.6) is 0 Å². The number of likely N-dealkylation sites (tertiary alicyclic amines) is 1. The summed E-state index contributed by atoms with van der Waals surface area (Å²) in [5, 5.41) is 2.61. The van der Waals surface area contributed by atoms with E-state index in [0.717, 1.165) is 6.42 Å². The summed E-state index contributed by atoms with van der Waals surface area (Å²) in [6, 6.07) is 0.972. The Morgan fingerprint density at radius 2 is 2.25 bits per heavy atom. The van der Waals surface area contributed by atoms with Crippen molar-refractivity contribution in [1.29, 1.82) is 0 Å². The number of carbonyl (C=O) groups excluding carboxylic acids is 1. The summed E-state index contributed by atoms with van der Waals surface area (Å²) in [6.45, 7) is 0.983. The SMILES string of the molecule is COC(=O)C1CC(OC)CCN1Cc1cc(=O)n2[nH]c(N)nc2n1. The molecule has 10 heteroatoms.